The Balaban J connectivity index is 1.48. The lowest BCUT2D eigenvalue weighted by Gasteiger charge is -2.22. The van der Waals surface area contributed by atoms with Crippen LogP contribution in [0.3, 0.4) is 0 Å². The fraction of sp³-hybridized carbons (Fsp3) is 0.259. The maximum Gasteiger partial charge on any atom is 0.323 e. The molecule has 0 bridgehead atoms. The van der Waals surface area contributed by atoms with Crippen molar-refractivity contribution in [2.45, 2.75) is 25.0 Å². The quantitative estimate of drug-likeness (QED) is 0.503. The van der Waals surface area contributed by atoms with Crippen LogP contribution in [0.1, 0.15) is 22.3 Å². The molecule has 1 amide bonds. The number of phenolic OH excluding ortho intramolecular Hbond substituents is 1. The predicted octanol–water partition coefficient (Wildman–Crippen LogP) is 3.75. The molecule has 35 heavy (non-hydrogen) atoms. The molecule has 1 fully saturated rings. The number of aromatic hydroxyl groups is 1. The van der Waals surface area contributed by atoms with E-state index in [9.17, 15) is 19.1 Å². The van der Waals surface area contributed by atoms with E-state index in [1.165, 1.54) is 26.4 Å². The Bertz CT molecular complexity index is 1230. The monoisotopic (exact) mass is 478 g/mol. The van der Waals surface area contributed by atoms with E-state index in [0.717, 1.165) is 11.1 Å². The van der Waals surface area contributed by atoms with E-state index in [1.54, 1.807) is 48.5 Å². The van der Waals surface area contributed by atoms with Gasteiger partial charge in [0.15, 0.2) is 11.5 Å². The highest BCUT2D eigenvalue weighted by atomic mass is 19.1. The second kappa shape index (κ2) is 10.6. The second-order valence-electron chi connectivity index (χ2n) is 8.47. The first-order valence-corrected chi connectivity index (χ1v) is 11.2. The Morgan fingerprint density at radius 2 is 1.80 bits per heavy atom. The molecule has 1 aliphatic rings. The van der Waals surface area contributed by atoms with E-state index in [-0.39, 0.29) is 29.5 Å². The molecule has 0 saturated carbocycles. The molecule has 4 rings (SSSR count). The summed E-state index contributed by atoms with van der Waals surface area (Å²) in [4.78, 5) is 27.4. The lowest BCUT2D eigenvalue weighted by molar-refractivity contribution is -0.146. The number of phenols is 1. The Kier molecular flexibility index (Phi) is 7.31. The van der Waals surface area contributed by atoms with Crippen LogP contribution in [0, 0.1) is 5.82 Å². The van der Waals surface area contributed by atoms with Crippen LogP contribution in [-0.4, -0.2) is 54.7 Å². The normalized spacial score (nSPS) is 17.7. The number of carbonyl (C=O) groups excluding carboxylic acids is 2. The molecule has 3 aromatic carbocycles. The molecule has 0 spiro atoms. The third kappa shape index (κ3) is 5.60. The maximum atomic E-state index is 13.6. The number of carbonyl (C=O) groups is 2. The zero-order chi connectivity index (χ0) is 24.9. The van der Waals surface area contributed by atoms with Crippen LogP contribution >= 0.6 is 0 Å². The first kappa shape index (κ1) is 24.2. The molecule has 0 radical (unpaired) electrons. The van der Waals surface area contributed by atoms with Gasteiger partial charge in [-0.3, -0.25) is 14.5 Å². The summed E-state index contributed by atoms with van der Waals surface area (Å²) in [5.41, 5.74) is 2.71. The van der Waals surface area contributed by atoms with E-state index in [0.29, 0.717) is 36.4 Å². The fourth-order valence-corrected chi connectivity index (χ4v) is 4.40. The summed E-state index contributed by atoms with van der Waals surface area (Å²) in [5.74, 6) is -0.610. The Morgan fingerprint density at radius 3 is 2.51 bits per heavy atom. The SMILES string of the molecule is COC(=O)[C@@H]1C[C@@H](NC(=O)c2cccc(-c3cccc(F)c3)c2)CN1Cc1ccc(O)c(OC)c1. The van der Waals surface area contributed by atoms with Gasteiger partial charge in [0.05, 0.1) is 14.2 Å². The van der Waals surface area contributed by atoms with Gasteiger partial charge in [-0.05, 0) is 59.5 Å². The maximum absolute atomic E-state index is 13.6. The third-order valence-corrected chi connectivity index (χ3v) is 6.12. The van der Waals surface area contributed by atoms with Crippen LogP contribution in [0.15, 0.2) is 66.7 Å². The molecular weight excluding hydrogens is 451 g/mol. The van der Waals surface area contributed by atoms with Gasteiger partial charge in [0.25, 0.3) is 5.91 Å². The van der Waals surface area contributed by atoms with Crippen molar-refractivity contribution in [3.05, 3.63) is 83.7 Å². The van der Waals surface area contributed by atoms with Gasteiger partial charge in [0, 0.05) is 24.7 Å². The zero-order valence-electron chi connectivity index (χ0n) is 19.5. The molecular formula is C27H27FN2O5. The van der Waals surface area contributed by atoms with Crippen molar-refractivity contribution in [2.75, 3.05) is 20.8 Å². The van der Waals surface area contributed by atoms with Crippen molar-refractivity contribution < 1.29 is 28.6 Å². The highest BCUT2D eigenvalue weighted by Gasteiger charge is 2.38. The van der Waals surface area contributed by atoms with Crippen LogP contribution in [0.25, 0.3) is 11.1 Å². The van der Waals surface area contributed by atoms with Crippen LogP contribution < -0.4 is 10.1 Å². The molecule has 2 N–H and O–H groups in total. The van der Waals surface area contributed by atoms with Crippen LogP contribution in [0.5, 0.6) is 11.5 Å². The molecule has 7 nitrogen and oxygen atoms in total. The van der Waals surface area contributed by atoms with Gasteiger partial charge >= 0.3 is 5.97 Å². The van der Waals surface area contributed by atoms with Gasteiger partial charge in [-0.2, -0.15) is 0 Å². The summed E-state index contributed by atoms with van der Waals surface area (Å²) in [6, 6.07) is 17.4. The Morgan fingerprint density at radius 1 is 1.06 bits per heavy atom. The number of hydrogen-bond donors (Lipinski definition) is 2. The van der Waals surface area contributed by atoms with E-state index in [1.807, 2.05) is 11.0 Å². The lowest BCUT2D eigenvalue weighted by Crippen LogP contribution is -2.37. The van der Waals surface area contributed by atoms with E-state index < -0.39 is 6.04 Å². The van der Waals surface area contributed by atoms with Crippen LogP contribution in [0.4, 0.5) is 4.39 Å². The minimum Gasteiger partial charge on any atom is -0.504 e. The first-order valence-electron chi connectivity index (χ1n) is 11.2. The van der Waals surface area contributed by atoms with Gasteiger partial charge in [-0.1, -0.05) is 30.3 Å². The topological polar surface area (TPSA) is 88.1 Å². The number of benzene rings is 3. The first-order chi connectivity index (χ1) is 16.9. The molecule has 1 heterocycles. The molecule has 0 aliphatic carbocycles. The van der Waals surface area contributed by atoms with Crippen LogP contribution in [0.2, 0.25) is 0 Å². The van der Waals surface area contributed by atoms with Crippen molar-refractivity contribution in [1.29, 1.82) is 0 Å². The van der Waals surface area contributed by atoms with Crippen LogP contribution in [-0.2, 0) is 16.1 Å². The number of halogens is 1. The molecule has 0 aromatic heterocycles. The predicted molar refractivity (Wildman–Crippen MR) is 129 cm³/mol. The average molecular weight is 479 g/mol. The van der Waals surface area contributed by atoms with E-state index >= 15 is 0 Å². The number of methoxy groups -OCH3 is 2. The highest BCUT2D eigenvalue weighted by molar-refractivity contribution is 5.95. The molecule has 3 aromatic rings. The number of amides is 1. The standard InChI is InChI=1S/C27H27FN2O5/c1-34-25-11-17(9-10-24(25)31)15-30-16-22(14-23(30)27(33)35-2)29-26(32)20-7-3-5-18(12-20)19-6-4-8-21(28)13-19/h3-13,22-23,31H,14-16H2,1-2H3,(H,29,32)/t22-,23+/m1/s1. The van der Waals surface area contributed by atoms with E-state index in [2.05, 4.69) is 5.32 Å². The van der Waals surface area contributed by atoms with Gasteiger partial charge in [0.2, 0.25) is 0 Å². The number of nitrogens with one attached hydrogen (secondary N) is 1. The molecule has 0 unspecified atom stereocenters. The number of ether oxygens (including phenoxy) is 2. The molecule has 1 saturated heterocycles. The molecule has 1 aliphatic heterocycles. The van der Waals surface area contributed by atoms with Crippen molar-refractivity contribution in [3.63, 3.8) is 0 Å². The van der Waals surface area contributed by atoms with Crippen molar-refractivity contribution in [3.8, 4) is 22.6 Å². The fourth-order valence-electron chi connectivity index (χ4n) is 4.40. The number of hydrogen-bond acceptors (Lipinski definition) is 6. The largest absolute Gasteiger partial charge is 0.504 e. The lowest BCUT2D eigenvalue weighted by atomic mass is 10.0. The number of esters is 1. The summed E-state index contributed by atoms with van der Waals surface area (Å²) in [6.45, 7) is 0.857. The number of nitrogens with zero attached hydrogens (tertiary/aromatic N) is 1. The van der Waals surface area contributed by atoms with Gasteiger partial charge in [-0.15, -0.1) is 0 Å². The highest BCUT2D eigenvalue weighted by Crippen LogP contribution is 2.29. The molecule has 2 atom stereocenters. The van der Waals surface area contributed by atoms with Crippen molar-refractivity contribution >= 4 is 11.9 Å². The molecule has 182 valence electrons. The minimum absolute atomic E-state index is 0.0350. The van der Waals surface area contributed by atoms with Crippen molar-refractivity contribution in [1.82, 2.24) is 10.2 Å². The summed E-state index contributed by atoms with van der Waals surface area (Å²) < 4.78 is 23.8. The Labute approximate surface area is 203 Å². The van der Waals surface area contributed by atoms with E-state index in [4.69, 9.17) is 9.47 Å². The summed E-state index contributed by atoms with van der Waals surface area (Å²) in [7, 11) is 2.81. The summed E-state index contributed by atoms with van der Waals surface area (Å²) in [6.07, 6.45) is 0.400. The third-order valence-electron chi connectivity index (χ3n) is 6.12. The number of likely N-dealkylation sites (tertiary alicyclic amines) is 1. The van der Waals surface area contributed by atoms with Gasteiger partial charge in [-0.25, -0.2) is 4.39 Å². The number of rotatable bonds is 7. The zero-order valence-corrected chi connectivity index (χ0v) is 19.5. The van der Waals surface area contributed by atoms with Crippen molar-refractivity contribution in [2.24, 2.45) is 0 Å². The van der Waals surface area contributed by atoms with Gasteiger partial charge in [0.1, 0.15) is 11.9 Å². The second-order valence-corrected chi connectivity index (χ2v) is 8.47. The molecule has 8 heteroatoms. The summed E-state index contributed by atoms with van der Waals surface area (Å²) in [5, 5.41) is 12.9. The van der Waals surface area contributed by atoms with Gasteiger partial charge < -0.3 is 19.9 Å². The summed E-state index contributed by atoms with van der Waals surface area (Å²) >= 11 is 0. The Hall–Kier alpha value is -3.91. The average Bonchev–Trinajstić information content (AvgIpc) is 3.26. The smallest absolute Gasteiger partial charge is 0.323 e. The minimum atomic E-state index is -0.524.